The largest absolute Gasteiger partial charge is 0.298 e. The molecule has 0 N–H and O–H groups in total. The first-order valence-electron chi connectivity index (χ1n) is 5.37. The van der Waals surface area contributed by atoms with Crippen molar-refractivity contribution in [1.82, 2.24) is 0 Å². The number of halogens is 2. The lowest BCUT2D eigenvalue weighted by Crippen LogP contribution is -2.14. The van der Waals surface area contributed by atoms with E-state index in [9.17, 15) is 13.6 Å². The Hall–Kier alpha value is -0.900. The van der Waals surface area contributed by atoms with E-state index in [1.54, 1.807) is 0 Å². The maximum Gasteiger partial charge on any atom is 0.147 e. The number of carbonyl (C=O) groups is 1. The lowest BCUT2D eigenvalue weighted by molar-refractivity contribution is -0.116. The average molecular weight is 258 g/mol. The highest BCUT2D eigenvalue weighted by Gasteiger charge is 2.15. The van der Waals surface area contributed by atoms with Gasteiger partial charge < -0.3 is 0 Å². The van der Waals surface area contributed by atoms with E-state index >= 15 is 0 Å². The Balaban J connectivity index is 2.59. The summed E-state index contributed by atoms with van der Waals surface area (Å²) in [7, 11) is 0. The quantitative estimate of drug-likeness (QED) is 0.820. The van der Waals surface area contributed by atoms with Gasteiger partial charge in [0.15, 0.2) is 0 Å². The SMILES string of the molecule is CC(C)(C)SCC(=O)Cc1cc(F)ccc1F. The third-order valence-corrected chi connectivity index (χ3v) is 3.39. The summed E-state index contributed by atoms with van der Waals surface area (Å²) >= 11 is 1.51. The van der Waals surface area contributed by atoms with E-state index in [1.807, 2.05) is 20.8 Å². The van der Waals surface area contributed by atoms with E-state index < -0.39 is 11.6 Å². The fourth-order valence-corrected chi connectivity index (χ4v) is 1.94. The second-order valence-electron chi connectivity index (χ2n) is 4.85. The van der Waals surface area contributed by atoms with Crippen LogP contribution < -0.4 is 0 Å². The van der Waals surface area contributed by atoms with E-state index in [-0.39, 0.29) is 22.5 Å². The molecule has 0 aliphatic heterocycles. The summed E-state index contributed by atoms with van der Waals surface area (Å²) in [5, 5.41) is 0. The van der Waals surface area contributed by atoms with Gasteiger partial charge in [-0.3, -0.25) is 4.79 Å². The van der Waals surface area contributed by atoms with Crippen molar-refractivity contribution in [2.45, 2.75) is 31.9 Å². The molecule has 0 heterocycles. The third kappa shape index (κ3) is 5.31. The number of Topliss-reactive ketones (excluding diaryl/α,β-unsaturated/α-hetero) is 1. The van der Waals surface area contributed by atoms with Crippen molar-refractivity contribution in [1.29, 1.82) is 0 Å². The number of benzene rings is 1. The summed E-state index contributed by atoms with van der Waals surface area (Å²) in [6, 6.07) is 3.18. The number of rotatable bonds is 4. The normalized spacial score (nSPS) is 11.6. The summed E-state index contributed by atoms with van der Waals surface area (Å²) in [4.78, 5) is 11.6. The molecule has 0 fully saturated rings. The molecular weight excluding hydrogens is 242 g/mol. The minimum absolute atomic E-state index is 0.00383. The van der Waals surface area contributed by atoms with Gasteiger partial charge in [-0.2, -0.15) is 0 Å². The van der Waals surface area contributed by atoms with Crippen molar-refractivity contribution >= 4 is 17.5 Å². The van der Waals surface area contributed by atoms with Gasteiger partial charge in [-0.05, 0) is 23.8 Å². The zero-order chi connectivity index (χ0) is 13.1. The zero-order valence-electron chi connectivity index (χ0n) is 10.2. The van der Waals surface area contributed by atoms with Crippen molar-refractivity contribution in [3.63, 3.8) is 0 Å². The highest BCUT2D eigenvalue weighted by molar-refractivity contribution is 8.01. The monoisotopic (exact) mass is 258 g/mol. The third-order valence-electron chi connectivity index (χ3n) is 2.06. The van der Waals surface area contributed by atoms with Gasteiger partial charge in [0.25, 0.3) is 0 Å². The molecule has 0 saturated heterocycles. The number of thioether (sulfide) groups is 1. The standard InChI is InChI=1S/C13H16F2OS/c1-13(2,3)17-8-11(16)7-9-6-10(14)4-5-12(9)15/h4-6H,7-8H2,1-3H3. The van der Waals surface area contributed by atoms with E-state index in [0.717, 1.165) is 18.2 Å². The molecule has 0 spiro atoms. The minimum Gasteiger partial charge on any atom is -0.298 e. The maximum absolute atomic E-state index is 13.3. The Morgan fingerprint density at radius 1 is 1.29 bits per heavy atom. The Kier molecular flexibility index (Phi) is 4.69. The average Bonchev–Trinajstić information content (AvgIpc) is 2.20. The van der Waals surface area contributed by atoms with E-state index in [0.29, 0.717) is 5.75 Å². The molecule has 1 aromatic carbocycles. The van der Waals surface area contributed by atoms with Crippen LogP contribution in [-0.2, 0) is 11.2 Å². The molecule has 0 bridgehead atoms. The lowest BCUT2D eigenvalue weighted by atomic mass is 10.1. The molecule has 0 atom stereocenters. The van der Waals surface area contributed by atoms with Crippen molar-refractivity contribution in [2.75, 3.05) is 5.75 Å². The number of hydrogen-bond donors (Lipinski definition) is 0. The van der Waals surface area contributed by atoms with Gasteiger partial charge in [0.2, 0.25) is 0 Å². The molecule has 0 amide bonds. The van der Waals surface area contributed by atoms with Crippen LogP contribution >= 0.6 is 11.8 Å². The molecule has 4 heteroatoms. The van der Waals surface area contributed by atoms with Gasteiger partial charge in [0, 0.05) is 11.2 Å². The fourth-order valence-electron chi connectivity index (χ4n) is 1.24. The summed E-state index contributed by atoms with van der Waals surface area (Å²) in [6.07, 6.45) is -0.0489. The highest BCUT2D eigenvalue weighted by Crippen LogP contribution is 2.23. The molecule has 0 aromatic heterocycles. The van der Waals surface area contributed by atoms with E-state index in [2.05, 4.69) is 0 Å². The van der Waals surface area contributed by atoms with E-state index in [4.69, 9.17) is 0 Å². The predicted molar refractivity (Wildman–Crippen MR) is 67.3 cm³/mol. The first-order valence-corrected chi connectivity index (χ1v) is 6.36. The van der Waals surface area contributed by atoms with E-state index in [1.165, 1.54) is 11.8 Å². The second kappa shape index (κ2) is 5.63. The molecule has 1 nitrogen and oxygen atoms in total. The first kappa shape index (κ1) is 14.2. The Morgan fingerprint density at radius 3 is 2.53 bits per heavy atom. The van der Waals surface area contributed by atoms with Crippen LogP contribution in [-0.4, -0.2) is 16.3 Å². The van der Waals surface area contributed by atoms with Crippen LogP contribution in [0, 0.1) is 11.6 Å². The van der Waals surface area contributed by atoms with Crippen LogP contribution in [0.4, 0.5) is 8.78 Å². The van der Waals surface area contributed by atoms with Crippen LogP contribution in [0.25, 0.3) is 0 Å². The van der Waals surface area contributed by atoms with Gasteiger partial charge in [0.1, 0.15) is 17.4 Å². The molecule has 1 rings (SSSR count). The predicted octanol–water partition coefficient (Wildman–Crippen LogP) is 3.61. The Labute approximate surface area is 105 Å². The van der Waals surface area contributed by atoms with Gasteiger partial charge in [-0.25, -0.2) is 8.78 Å². The lowest BCUT2D eigenvalue weighted by Gasteiger charge is -2.16. The van der Waals surface area contributed by atoms with Gasteiger partial charge in [-0.15, -0.1) is 11.8 Å². The Bertz CT molecular complexity index is 410. The van der Waals surface area contributed by atoms with Crippen LogP contribution in [0.2, 0.25) is 0 Å². The fraction of sp³-hybridized carbons (Fsp3) is 0.462. The molecule has 94 valence electrons. The minimum atomic E-state index is -0.527. The van der Waals surface area contributed by atoms with Gasteiger partial charge in [-0.1, -0.05) is 20.8 Å². The van der Waals surface area contributed by atoms with Crippen molar-refractivity contribution in [3.8, 4) is 0 Å². The topological polar surface area (TPSA) is 17.1 Å². The number of carbonyl (C=O) groups excluding carboxylic acids is 1. The summed E-state index contributed by atoms with van der Waals surface area (Å²) in [6.45, 7) is 6.02. The van der Waals surface area contributed by atoms with Crippen LogP contribution in [0.1, 0.15) is 26.3 Å². The van der Waals surface area contributed by atoms with Crippen LogP contribution in [0.3, 0.4) is 0 Å². The second-order valence-corrected chi connectivity index (χ2v) is 6.65. The summed E-state index contributed by atoms with van der Waals surface area (Å²) in [5.41, 5.74) is 0.129. The Morgan fingerprint density at radius 2 is 1.94 bits per heavy atom. The van der Waals surface area contributed by atoms with Crippen molar-refractivity contribution < 1.29 is 13.6 Å². The van der Waals surface area contributed by atoms with Crippen LogP contribution in [0.5, 0.6) is 0 Å². The molecule has 0 aliphatic rings. The molecule has 0 radical (unpaired) electrons. The smallest absolute Gasteiger partial charge is 0.147 e. The highest BCUT2D eigenvalue weighted by atomic mass is 32.2. The summed E-state index contributed by atoms with van der Waals surface area (Å²) < 4.78 is 26.2. The molecule has 17 heavy (non-hydrogen) atoms. The van der Waals surface area contributed by atoms with Crippen molar-refractivity contribution in [3.05, 3.63) is 35.4 Å². The van der Waals surface area contributed by atoms with Gasteiger partial charge >= 0.3 is 0 Å². The molecule has 1 aromatic rings. The molecule has 0 unspecified atom stereocenters. The maximum atomic E-state index is 13.3. The first-order chi connectivity index (χ1) is 7.78. The molecular formula is C13H16F2OS. The molecule has 0 saturated carbocycles. The zero-order valence-corrected chi connectivity index (χ0v) is 11.0. The number of hydrogen-bond acceptors (Lipinski definition) is 2. The van der Waals surface area contributed by atoms with Crippen molar-refractivity contribution in [2.24, 2.45) is 0 Å². The molecule has 0 aliphatic carbocycles. The summed E-state index contributed by atoms with van der Waals surface area (Å²) in [5.74, 6) is -0.813. The van der Waals surface area contributed by atoms with Crippen LogP contribution in [0.15, 0.2) is 18.2 Å². The van der Waals surface area contributed by atoms with Gasteiger partial charge in [0.05, 0.1) is 5.75 Å². The number of ketones is 1.